The number of nitrogens with one attached hydrogen (secondary N) is 1. The van der Waals surface area contributed by atoms with Crippen molar-refractivity contribution in [2.45, 2.75) is 39.7 Å². The number of aryl methyl sites for hydroxylation is 1. The second-order valence-electron chi connectivity index (χ2n) is 4.22. The van der Waals surface area contributed by atoms with Gasteiger partial charge in [0.25, 0.3) is 5.91 Å². The Morgan fingerprint density at radius 3 is 2.61 bits per heavy atom. The zero-order valence-electron chi connectivity index (χ0n) is 10.9. The summed E-state index contributed by atoms with van der Waals surface area (Å²) >= 11 is 0. The summed E-state index contributed by atoms with van der Waals surface area (Å²) in [5.74, 6) is -1.36. The van der Waals surface area contributed by atoms with Crippen LogP contribution in [-0.4, -0.2) is 44.7 Å². The molecule has 0 bridgehead atoms. The van der Waals surface area contributed by atoms with Crippen molar-refractivity contribution in [1.29, 1.82) is 0 Å². The summed E-state index contributed by atoms with van der Waals surface area (Å²) in [5.41, 5.74) is 1.13. The summed E-state index contributed by atoms with van der Waals surface area (Å²) in [5, 5.41) is 15.5. The highest BCUT2D eigenvalue weighted by molar-refractivity contribution is 5.94. The molecule has 2 N–H and O–H groups in total. The molecule has 0 aliphatic carbocycles. The van der Waals surface area contributed by atoms with Gasteiger partial charge in [0.05, 0.1) is 0 Å². The SMILES string of the molecule is CCc1cc(C(=O)N(CC(=O)O)C(C)CC)n[nH]1. The molecule has 0 aliphatic heterocycles. The third-order valence-corrected chi connectivity index (χ3v) is 2.92. The molecule has 6 heteroatoms. The molecule has 0 aromatic carbocycles. The van der Waals surface area contributed by atoms with Gasteiger partial charge in [-0.25, -0.2) is 0 Å². The molecule has 18 heavy (non-hydrogen) atoms. The number of carboxylic acids is 1. The molecule has 0 fully saturated rings. The third-order valence-electron chi connectivity index (χ3n) is 2.92. The van der Waals surface area contributed by atoms with E-state index in [0.29, 0.717) is 6.42 Å². The van der Waals surface area contributed by atoms with Gasteiger partial charge in [-0.05, 0) is 25.8 Å². The number of H-pyrrole nitrogens is 1. The lowest BCUT2D eigenvalue weighted by Crippen LogP contribution is -2.42. The van der Waals surface area contributed by atoms with Crippen molar-refractivity contribution < 1.29 is 14.7 Å². The number of nitrogens with zero attached hydrogens (tertiary/aromatic N) is 2. The van der Waals surface area contributed by atoms with Gasteiger partial charge < -0.3 is 10.0 Å². The first-order valence-electron chi connectivity index (χ1n) is 6.06. The molecule has 6 nitrogen and oxygen atoms in total. The molecule has 0 saturated heterocycles. The van der Waals surface area contributed by atoms with E-state index in [2.05, 4.69) is 10.2 Å². The second-order valence-corrected chi connectivity index (χ2v) is 4.22. The zero-order valence-corrected chi connectivity index (χ0v) is 10.9. The lowest BCUT2D eigenvalue weighted by atomic mass is 10.2. The van der Waals surface area contributed by atoms with Crippen LogP contribution in [-0.2, 0) is 11.2 Å². The number of aliphatic carboxylic acids is 1. The highest BCUT2D eigenvalue weighted by Crippen LogP contribution is 2.10. The highest BCUT2D eigenvalue weighted by atomic mass is 16.4. The normalized spacial score (nSPS) is 12.2. The molecule has 1 rings (SSSR count). The second kappa shape index (κ2) is 6.18. The summed E-state index contributed by atoms with van der Waals surface area (Å²) in [6.07, 6.45) is 1.45. The van der Waals surface area contributed by atoms with E-state index in [9.17, 15) is 9.59 Å². The van der Waals surface area contributed by atoms with E-state index in [-0.39, 0.29) is 24.2 Å². The van der Waals surface area contributed by atoms with Gasteiger partial charge in [-0.3, -0.25) is 14.7 Å². The minimum atomic E-state index is -1.02. The molecule has 1 aromatic rings. The van der Waals surface area contributed by atoms with Crippen LogP contribution in [0, 0.1) is 0 Å². The van der Waals surface area contributed by atoms with Gasteiger partial charge in [0.1, 0.15) is 12.2 Å². The van der Waals surface area contributed by atoms with Crippen LogP contribution in [0.1, 0.15) is 43.4 Å². The van der Waals surface area contributed by atoms with Crippen LogP contribution in [0.25, 0.3) is 0 Å². The van der Waals surface area contributed by atoms with Gasteiger partial charge in [0, 0.05) is 11.7 Å². The predicted molar refractivity (Wildman–Crippen MR) is 66.4 cm³/mol. The Bertz CT molecular complexity index is 428. The molecule has 1 heterocycles. The first-order chi connectivity index (χ1) is 8.49. The Hall–Kier alpha value is -1.85. The topological polar surface area (TPSA) is 86.3 Å². The van der Waals surface area contributed by atoms with Gasteiger partial charge in [0.15, 0.2) is 0 Å². The first kappa shape index (κ1) is 14.2. The van der Waals surface area contributed by atoms with Crippen molar-refractivity contribution in [3.63, 3.8) is 0 Å². The van der Waals surface area contributed by atoms with E-state index < -0.39 is 5.97 Å². The van der Waals surface area contributed by atoms with E-state index in [1.54, 1.807) is 6.07 Å². The average Bonchev–Trinajstić information content (AvgIpc) is 2.82. The van der Waals surface area contributed by atoms with Crippen LogP contribution in [0.3, 0.4) is 0 Å². The zero-order chi connectivity index (χ0) is 13.7. The van der Waals surface area contributed by atoms with Gasteiger partial charge in [-0.15, -0.1) is 0 Å². The molecule has 100 valence electrons. The number of aromatic amines is 1. The number of rotatable bonds is 6. The number of carbonyl (C=O) groups is 2. The van der Waals surface area contributed by atoms with Gasteiger partial charge in [-0.1, -0.05) is 13.8 Å². The lowest BCUT2D eigenvalue weighted by Gasteiger charge is -2.25. The van der Waals surface area contributed by atoms with Crippen molar-refractivity contribution in [2.24, 2.45) is 0 Å². The quantitative estimate of drug-likeness (QED) is 0.800. The lowest BCUT2D eigenvalue weighted by molar-refractivity contribution is -0.138. The summed E-state index contributed by atoms with van der Waals surface area (Å²) in [6.45, 7) is 5.39. The van der Waals surface area contributed by atoms with Crippen LogP contribution in [0.5, 0.6) is 0 Å². The molecule has 1 aromatic heterocycles. The maximum Gasteiger partial charge on any atom is 0.323 e. The monoisotopic (exact) mass is 253 g/mol. The summed E-state index contributed by atoms with van der Waals surface area (Å²) < 4.78 is 0. The van der Waals surface area contributed by atoms with Gasteiger partial charge in [0.2, 0.25) is 0 Å². The number of amides is 1. The average molecular weight is 253 g/mol. The standard InChI is InChI=1S/C12H19N3O3/c1-4-8(3)15(7-11(16)17)12(18)10-6-9(5-2)13-14-10/h6,8H,4-5,7H2,1-3H3,(H,13,14)(H,16,17). The van der Waals surface area contributed by atoms with Crippen LogP contribution in [0.2, 0.25) is 0 Å². The molecule has 1 amide bonds. The van der Waals surface area contributed by atoms with E-state index in [4.69, 9.17) is 5.11 Å². The smallest absolute Gasteiger partial charge is 0.323 e. The summed E-state index contributed by atoms with van der Waals surface area (Å²) in [4.78, 5) is 24.3. The number of carboxylic acid groups (broad SMARTS) is 1. The molecule has 1 unspecified atom stereocenters. The Balaban J connectivity index is 2.90. The summed E-state index contributed by atoms with van der Waals surface area (Å²) in [7, 11) is 0. The Morgan fingerprint density at radius 2 is 2.17 bits per heavy atom. The molecule has 1 atom stereocenters. The van der Waals surface area contributed by atoms with Crippen LogP contribution < -0.4 is 0 Å². The highest BCUT2D eigenvalue weighted by Gasteiger charge is 2.24. The molecular formula is C12H19N3O3. The Kier molecular flexibility index (Phi) is 4.88. The van der Waals surface area contributed by atoms with E-state index >= 15 is 0 Å². The number of aromatic nitrogens is 2. The van der Waals surface area contributed by atoms with Crippen molar-refractivity contribution in [3.05, 3.63) is 17.5 Å². The first-order valence-corrected chi connectivity index (χ1v) is 6.06. The van der Waals surface area contributed by atoms with Crippen LogP contribution in [0.15, 0.2) is 6.07 Å². The Morgan fingerprint density at radius 1 is 1.50 bits per heavy atom. The third kappa shape index (κ3) is 3.32. The van der Waals surface area contributed by atoms with E-state index in [1.165, 1.54) is 4.90 Å². The van der Waals surface area contributed by atoms with Crippen molar-refractivity contribution >= 4 is 11.9 Å². The van der Waals surface area contributed by atoms with E-state index in [1.807, 2.05) is 20.8 Å². The molecule has 0 spiro atoms. The summed E-state index contributed by atoms with van der Waals surface area (Å²) in [6, 6.07) is 1.54. The minimum Gasteiger partial charge on any atom is -0.480 e. The molecular weight excluding hydrogens is 234 g/mol. The molecule has 0 radical (unpaired) electrons. The number of hydrogen-bond donors (Lipinski definition) is 2. The van der Waals surface area contributed by atoms with Gasteiger partial charge in [-0.2, -0.15) is 5.10 Å². The fraction of sp³-hybridized carbons (Fsp3) is 0.583. The maximum absolute atomic E-state index is 12.2. The molecule has 0 aliphatic rings. The molecule has 0 saturated carbocycles. The Labute approximate surface area is 106 Å². The largest absolute Gasteiger partial charge is 0.480 e. The number of hydrogen-bond acceptors (Lipinski definition) is 3. The van der Waals surface area contributed by atoms with Gasteiger partial charge >= 0.3 is 5.97 Å². The van der Waals surface area contributed by atoms with Crippen molar-refractivity contribution in [3.8, 4) is 0 Å². The fourth-order valence-electron chi connectivity index (χ4n) is 1.59. The number of carbonyl (C=O) groups excluding carboxylic acids is 1. The van der Waals surface area contributed by atoms with Crippen LogP contribution in [0.4, 0.5) is 0 Å². The van der Waals surface area contributed by atoms with Crippen LogP contribution >= 0.6 is 0 Å². The fourth-order valence-corrected chi connectivity index (χ4v) is 1.59. The van der Waals surface area contributed by atoms with Crippen molar-refractivity contribution in [1.82, 2.24) is 15.1 Å². The minimum absolute atomic E-state index is 0.129. The van der Waals surface area contributed by atoms with Crippen molar-refractivity contribution in [2.75, 3.05) is 6.54 Å². The predicted octanol–water partition coefficient (Wildman–Crippen LogP) is 1.30. The van der Waals surface area contributed by atoms with E-state index in [0.717, 1.165) is 12.1 Å². The maximum atomic E-state index is 12.2.